The molecule has 0 bridgehead atoms. The third-order valence-corrected chi connectivity index (χ3v) is 0.597. The first-order valence-electron chi connectivity index (χ1n) is 2.46. The first-order valence-corrected chi connectivity index (χ1v) is 2.46. The number of rotatable bonds is 2. The molecule has 0 aromatic rings. The Morgan fingerprint density at radius 3 is 2.33 bits per heavy atom. The molecule has 0 aromatic heterocycles. The number of allylic oxidation sites excluding steroid dienone is 1. The van der Waals surface area contributed by atoms with Crippen molar-refractivity contribution in [1.29, 1.82) is 0 Å². The van der Waals surface area contributed by atoms with Crippen molar-refractivity contribution >= 4 is 12.3 Å². The molecule has 0 aliphatic heterocycles. The Morgan fingerprint density at radius 2 is 2.00 bits per heavy atom. The van der Waals surface area contributed by atoms with Crippen LogP contribution < -0.4 is 0 Å². The van der Waals surface area contributed by atoms with Gasteiger partial charge >= 0.3 is 5.97 Å². The van der Waals surface area contributed by atoms with Crippen molar-refractivity contribution in [3.05, 3.63) is 11.8 Å². The second kappa shape index (κ2) is 3.83. The van der Waals surface area contributed by atoms with Gasteiger partial charge in [0.15, 0.2) is 0 Å². The molecule has 0 aliphatic rings. The predicted molar refractivity (Wildman–Crippen MR) is 31.6 cm³/mol. The molecule has 0 rings (SSSR count). The quantitative estimate of drug-likeness (QED) is 0.237. The summed E-state index contributed by atoms with van der Waals surface area (Å²) in [7, 11) is 0. The third-order valence-electron chi connectivity index (χ3n) is 0.597. The molecule has 0 saturated heterocycles. The fourth-order valence-corrected chi connectivity index (χ4v) is 0.204. The van der Waals surface area contributed by atoms with Crippen LogP contribution in [-0.4, -0.2) is 12.3 Å². The smallest absolute Gasteiger partial charge is 0.307 e. The highest BCUT2D eigenvalue weighted by atomic mass is 16.5. The summed E-state index contributed by atoms with van der Waals surface area (Å²) in [4.78, 5) is 19.9. The van der Waals surface area contributed by atoms with E-state index >= 15 is 0 Å². The molecule has 9 heavy (non-hydrogen) atoms. The van der Waals surface area contributed by atoms with E-state index in [4.69, 9.17) is 0 Å². The van der Waals surface area contributed by atoms with Crippen molar-refractivity contribution < 1.29 is 14.3 Å². The first-order chi connectivity index (χ1) is 4.16. The lowest BCUT2D eigenvalue weighted by molar-refractivity contribution is -0.135. The van der Waals surface area contributed by atoms with Gasteiger partial charge in [0.05, 0.1) is 0 Å². The number of ether oxygens (including phenoxy) is 1. The first kappa shape index (κ1) is 7.88. The number of carbonyl (C=O) groups excluding carboxylic acids is 2. The summed E-state index contributed by atoms with van der Waals surface area (Å²) in [6.07, 6.45) is 1.73. The fourth-order valence-electron chi connectivity index (χ4n) is 0.204. The van der Waals surface area contributed by atoms with Crippen molar-refractivity contribution in [2.75, 3.05) is 0 Å². The lowest BCUT2D eigenvalue weighted by Gasteiger charge is -1.89. The van der Waals surface area contributed by atoms with Crippen LogP contribution in [0.2, 0.25) is 0 Å². The molecule has 0 aromatic carbocycles. The van der Waals surface area contributed by atoms with E-state index < -0.39 is 5.97 Å². The Morgan fingerprint density at radius 1 is 1.44 bits per heavy atom. The molecule has 0 radical (unpaired) electrons. The van der Waals surface area contributed by atoms with Crippen LogP contribution in [0.25, 0.3) is 0 Å². The molecule has 50 valence electrons. The second-order valence-electron chi connectivity index (χ2n) is 1.59. The van der Waals surface area contributed by atoms with Gasteiger partial charge in [0.1, 0.15) is 12.5 Å². The van der Waals surface area contributed by atoms with Gasteiger partial charge in [-0.15, -0.1) is 0 Å². The topological polar surface area (TPSA) is 43.4 Å². The van der Waals surface area contributed by atoms with Crippen molar-refractivity contribution in [2.24, 2.45) is 0 Å². The van der Waals surface area contributed by atoms with Crippen molar-refractivity contribution in [3.8, 4) is 0 Å². The van der Waals surface area contributed by atoms with Crippen LogP contribution in [0.1, 0.15) is 13.8 Å². The zero-order chi connectivity index (χ0) is 7.28. The van der Waals surface area contributed by atoms with Crippen LogP contribution in [0.5, 0.6) is 0 Å². The van der Waals surface area contributed by atoms with Crippen LogP contribution in [0, 0.1) is 0 Å². The average molecular weight is 128 g/mol. The molecule has 0 saturated carbocycles. The SMILES string of the molecule is CC(=O)OC=C(C)C=O. The molecule has 0 fully saturated rings. The van der Waals surface area contributed by atoms with E-state index in [1.54, 1.807) is 6.92 Å². The van der Waals surface area contributed by atoms with Crippen LogP contribution in [0.15, 0.2) is 11.8 Å². The average Bonchev–Trinajstić information content (AvgIpc) is 1.83. The summed E-state index contributed by atoms with van der Waals surface area (Å²) in [6, 6.07) is 0. The Balaban J connectivity index is 3.69. The predicted octanol–water partition coefficient (Wildman–Crippen LogP) is 0.652. The maximum absolute atomic E-state index is 10.1. The summed E-state index contributed by atoms with van der Waals surface area (Å²) in [6.45, 7) is 2.82. The van der Waals surface area contributed by atoms with E-state index in [9.17, 15) is 9.59 Å². The fraction of sp³-hybridized carbons (Fsp3) is 0.333. The normalized spacial score (nSPS) is 10.7. The van der Waals surface area contributed by atoms with Gasteiger partial charge in [-0.3, -0.25) is 9.59 Å². The highest BCUT2D eigenvalue weighted by Crippen LogP contribution is 1.86. The third kappa shape index (κ3) is 4.74. The van der Waals surface area contributed by atoms with Crippen LogP contribution in [0.4, 0.5) is 0 Å². The van der Waals surface area contributed by atoms with Crippen molar-refractivity contribution in [2.45, 2.75) is 13.8 Å². The molecule has 0 heterocycles. The Kier molecular flexibility index (Phi) is 3.35. The summed E-state index contributed by atoms with van der Waals surface area (Å²) >= 11 is 0. The number of hydrogen-bond donors (Lipinski definition) is 0. The van der Waals surface area contributed by atoms with Gasteiger partial charge < -0.3 is 4.74 Å². The maximum Gasteiger partial charge on any atom is 0.307 e. The van der Waals surface area contributed by atoms with E-state index in [0.717, 1.165) is 6.26 Å². The van der Waals surface area contributed by atoms with E-state index in [0.29, 0.717) is 11.9 Å². The van der Waals surface area contributed by atoms with Gasteiger partial charge in [0.2, 0.25) is 0 Å². The minimum absolute atomic E-state index is 0.394. The number of aldehydes is 1. The van der Waals surface area contributed by atoms with Crippen molar-refractivity contribution in [3.63, 3.8) is 0 Å². The largest absolute Gasteiger partial charge is 0.434 e. The van der Waals surface area contributed by atoms with Crippen molar-refractivity contribution in [1.82, 2.24) is 0 Å². The van der Waals surface area contributed by atoms with Crippen LogP contribution in [-0.2, 0) is 14.3 Å². The maximum atomic E-state index is 10.1. The molecular weight excluding hydrogens is 120 g/mol. The van der Waals surface area contributed by atoms with Gasteiger partial charge in [-0.05, 0) is 6.92 Å². The van der Waals surface area contributed by atoms with Gasteiger partial charge in [0, 0.05) is 12.5 Å². The van der Waals surface area contributed by atoms with Gasteiger partial charge in [0.25, 0.3) is 0 Å². The molecular formula is C6H8O3. The Labute approximate surface area is 53.3 Å². The van der Waals surface area contributed by atoms with Gasteiger partial charge in [-0.2, -0.15) is 0 Å². The molecule has 3 heteroatoms. The molecule has 0 aliphatic carbocycles. The molecule has 3 nitrogen and oxygen atoms in total. The molecule has 0 unspecified atom stereocenters. The van der Waals surface area contributed by atoms with Gasteiger partial charge in [-0.1, -0.05) is 0 Å². The minimum atomic E-state index is -0.420. The monoisotopic (exact) mass is 128 g/mol. The summed E-state index contributed by atoms with van der Waals surface area (Å²) in [5.41, 5.74) is 0.394. The summed E-state index contributed by atoms with van der Waals surface area (Å²) < 4.78 is 4.36. The van der Waals surface area contributed by atoms with Gasteiger partial charge in [-0.25, -0.2) is 0 Å². The summed E-state index contributed by atoms with van der Waals surface area (Å²) in [5.74, 6) is -0.420. The lowest BCUT2D eigenvalue weighted by Crippen LogP contribution is -1.91. The standard InChI is InChI=1S/C6H8O3/c1-5(3-7)4-9-6(2)8/h3-4H,1-2H3. The molecule has 0 spiro atoms. The zero-order valence-electron chi connectivity index (χ0n) is 5.38. The van der Waals surface area contributed by atoms with E-state index in [-0.39, 0.29) is 0 Å². The minimum Gasteiger partial charge on any atom is -0.434 e. The number of esters is 1. The zero-order valence-corrected chi connectivity index (χ0v) is 5.38. The Hall–Kier alpha value is -1.12. The summed E-state index contributed by atoms with van der Waals surface area (Å²) in [5, 5.41) is 0. The lowest BCUT2D eigenvalue weighted by atomic mass is 10.4. The highest BCUT2D eigenvalue weighted by Gasteiger charge is 1.87. The van der Waals surface area contributed by atoms with Crippen LogP contribution >= 0.6 is 0 Å². The van der Waals surface area contributed by atoms with E-state index in [1.807, 2.05) is 0 Å². The van der Waals surface area contributed by atoms with E-state index in [2.05, 4.69) is 4.74 Å². The van der Waals surface area contributed by atoms with E-state index in [1.165, 1.54) is 6.92 Å². The van der Waals surface area contributed by atoms with Crippen LogP contribution in [0.3, 0.4) is 0 Å². The second-order valence-corrected chi connectivity index (χ2v) is 1.59. The number of carbonyl (C=O) groups is 2. The highest BCUT2D eigenvalue weighted by molar-refractivity contribution is 5.73. The number of hydrogen-bond acceptors (Lipinski definition) is 3. The molecule has 0 amide bonds. The Bertz CT molecular complexity index is 146. The molecule has 0 atom stereocenters. The molecule has 0 N–H and O–H groups in total.